The number of carbonyl (C=O) groups excluding carboxylic acids is 1. The van der Waals surface area contributed by atoms with Gasteiger partial charge in [-0.05, 0) is 24.4 Å². The van der Waals surface area contributed by atoms with Crippen molar-refractivity contribution in [3.63, 3.8) is 0 Å². The molecule has 0 atom stereocenters. The van der Waals surface area contributed by atoms with Gasteiger partial charge in [0.1, 0.15) is 16.0 Å². The van der Waals surface area contributed by atoms with Crippen molar-refractivity contribution in [2.75, 3.05) is 5.32 Å². The summed E-state index contributed by atoms with van der Waals surface area (Å²) in [6.45, 7) is 4.51. The second-order valence-corrected chi connectivity index (χ2v) is 9.01. The van der Waals surface area contributed by atoms with E-state index in [0.29, 0.717) is 31.5 Å². The Bertz CT molecular complexity index is 1330. The molecule has 0 spiro atoms. The average molecular weight is 456 g/mol. The minimum atomic E-state index is -0.157. The number of fused-ring (bicyclic) bond motifs is 1. The molecule has 152 valence electrons. The van der Waals surface area contributed by atoms with E-state index in [4.69, 9.17) is 12.2 Å². The van der Waals surface area contributed by atoms with Gasteiger partial charge in [0, 0.05) is 17.6 Å². The second kappa shape index (κ2) is 8.82. The third kappa shape index (κ3) is 4.30. The van der Waals surface area contributed by atoms with Crippen LogP contribution < -0.4 is 10.9 Å². The van der Waals surface area contributed by atoms with Gasteiger partial charge in [-0.1, -0.05) is 35.6 Å². The Kier molecular flexibility index (Phi) is 5.98. The number of hydrogen-bond acceptors (Lipinski definition) is 7. The summed E-state index contributed by atoms with van der Waals surface area (Å²) in [5, 5.41) is 5.38. The number of amides is 1. The van der Waals surface area contributed by atoms with E-state index in [-0.39, 0.29) is 24.4 Å². The molecule has 4 aromatic rings. The maximum absolute atomic E-state index is 12.8. The summed E-state index contributed by atoms with van der Waals surface area (Å²) in [6, 6.07) is 9.28. The van der Waals surface area contributed by atoms with Crippen molar-refractivity contribution in [3.05, 3.63) is 79.7 Å². The number of carbonyl (C=O) groups is 1. The number of allylic oxidation sites excluding steroid dienone is 1. The molecule has 0 aliphatic rings. The monoisotopic (exact) mass is 455 g/mol. The molecule has 0 aliphatic carbocycles. The van der Waals surface area contributed by atoms with E-state index in [0.717, 1.165) is 5.69 Å². The number of para-hydroxylation sites is 1. The van der Waals surface area contributed by atoms with E-state index in [9.17, 15) is 9.59 Å². The van der Waals surface area contributed by atoms with Crippen LogP contribution in [0.4, 0.5) is 5.69 Å². The highest BCUT2D eigenvalue weighted by Gasteiger charge is 2.13. The smallest absolute Gasteiger partial charge is 0.273 e. The first-order valence-corrected chi connectivity index (χ1v) is 11.1. The van der Waals surface area contributed by atoms with Gasteiger partial charge < -0.3 is 9.88 Å². The number of nitrogens with zero attached hydrogens (tertiary/aromatic N) is 4. The summed E-state index contributed by atoms with van der Waals surface area (Å²) in [5.41, 5.74) is 1.87. The molecule has 30 heavy (non-hydrogen) atoms. The van der Waals surface area contributed by atoms with Crippen molar-refractivity contribution in [1.82, 2.24) is 19.1 Å². The first kappa shape index (κ1) is 20.3. The average Bonchev–Trinajstić information content (AvgIpc) is 3.30. The molecule has 7 nitrogen and oxygen atoms in total. The number of aromatic nitrogens is 4. The maximum Gasteiger partial charge on any atom is 0.273 e. The number of rotatable bonds is 7. The van der Waals surface area contributed by atoms with Crippen molar-refractivity contribution < 1.29 is 4.79 Å². The van der Waals surface area contributed by atoms with Gasteiger partial charge in [0.25, 0.3) is 5.56 Å². The van der Waals surface area contributed by atoms with Gasteiger partial charge in [0.05, 0.1) is 18.7 Å². The van der Waals surface area contributed by atoms with Gasteiger partial charge in [0.15, 0.2) is 9.60 Å². The fourth-order valence-corrected chi connectivity index (χ4v) is 5.02. The predicted molar refractivity (Wildman–Crippen MR) is 123 cm³/mol. The molecule has 4 rings (SSSR count). The van der Waals surface area contributed by atoms with Crippen LogP contribution in [0.15, 0.2) is 59.5 Å². The highest BCUT2D eigenvalue weighted by molar-refractivity contribution is 7.73. The highest BCUT2D eigenvalue weighted by atomic mass is 32.1. The zero-order valence-corrected chi connectivity index (χ0v) is 18.2. The Hall–Kier alpha value is -2.95. The molecular formula is C20H17N5O2S3. The zero-order chi connectivity index (χ0) is 21.1. The van der Waals surface area contributed by atoms with Crippen LogP contribution in [-0.2, 0) is 24.3 Å². The molecule has 1 aromatic carbocycles. The Morgan fingerprint density at radius 3 is 2.87 bits per heavy atom. The lowest BCUT2D eigenvalue weighted by Crippen LogP contribution is -2.21. The van der Waals surface area contributed by atoms with Gasteiger partial charge in [-0.15, -0.1) is 17.9 Å². The van der Waals surface area contributed by atoms with Crippen LogP contribution in [0.25, 0.3) is 10.3 Å². The first-order valence-electron chi connectivity index (χ1n) is 9.03. The van der Waals surface area contributed by atoms with Crippen molar-refractivity contribution in [1.29, 1.82) is 0 Å². The van der Waals surface area contributed by atoms with Crippen molar-refractivity contribution >= 4 is 56.8 Å². The molecule has 1 N–H and O–H groups in total. The molecule has 0 bridgehead atoms. The lowest BCUT2D eigenvalue weighted by molar-refractivity contribution is -0.115. The summed E-state index contributed by atoms with van der Waals surface area (Å²) in [7, 11) is 0. The van der Waals surface area contributed by atoms with Crippen molar-refractivity contribution in [2.45, 2.75) is 19.5 Å². The van der Waals surface area contributed by atoms with Crippen LogP contribution in [0, 0.1) is 3.95 Å². The van der Waals surface area contributed by atoms with Gasteiger partial charge >= 0.3 is 0 Å². The minimum absolute atomic E-state index is 0.134. The van der Waals surface area contributed by atoms with Crippen LogP contribution in [0.5, 0.6) is 0 Å². The van der Waals surface area contributed by atoms with E-state index < -0.39 is 0 Å². The minimum Gasteiger partial charge on any atom is -0.326 e. The Morgan fingerprint density at radius 2 is 2.10 bits per heavy atom. The van der Waals surface area contributed by atoms with Crippen molar-refractivity contribution in [2.24, 2.45) is 0 Å². The number of hydrogen-bond donors (Lipinski definition) is 1. The summed E-state index contributed by atoms with van der Waals surface area (Å²) in [5.74, 6) is -0.134. The standard InChI is InChI=1S/C20H17N5O2S3/c1-2-8-25-18-17(30-20(25)28)19(27)24(12-21-18)10-14-11-29-16(23-14)9-15(26)22-13-6-4-3-5-7-13/h2-7,11-12H,1,8-10H2,(H,22,26). The molecule has 1 amide bonds. The molecule has 0 saturated heterocycles. The van der Waals surface area contributed by atoms with Crippen LogP contribution >= 0.6 is 34.9 Å². The molecule has 3 aromatic heterocycles. The second-order valence-electron chi connectivity index (χ2n) is 6.42. The molecule has 0 unspecified atom stereocenters. The Morgan fingerprint density at radius 1 is 1.30 bits per heavy atom. The first-order chi connectivity index (χ1) is 14.5. The Balaban J connectivity index is 1.49. The van der Waals surface area contributed by atoms with Crippen LogP contribution in [0.1, 0.15) is 10.7 Å². The molecular weight excluding hydrogens is 438 g/mol. The third-order valence-electron chi connectivity index (χ3n) is 4.26. The summed E-state index contributed by atoms with van der Waals surface area (Å²) in [6.07, 6.45) is 3.41. The van der Waals surface area contributed by atoms with Crippen LogP contribution in [0.3, 0.4) is 0 Å². The third-order valence-corrected chi connectivity index (χ3v) is 6.58. The van der Waals surface area contributed by atoms with Gasteiger partial charge in [0.2, 0.25) is 5.91 Å². The molecule has 0 aliphatic heterocycles. The van der Waals surface area contributed by atoms with Crippen molar-refractivity contribution in [3.8, 4) is 0 Å². The van der Waals surface area contributed by atoms with Gasteiger partial charge in [-0.3, -0.25) is 14.2 Å². The quantitative estimate of drug-likeness (QED) is 0.338. The molecule has 3 heterocycles. The molecule has 0 saturated carbocycles. The lowest BCUT2D eigenvalue weighted by atomic mass is 10.3. The summed E-state index contributed by atoms with van der Waals surface area (Å²) >= 11 is 7.98. The lowest BCUT2D eigenvalue weighted by Gasteiger charge is -2.04. The normalized spacial score (nSPS) is 10.9. The Labute approximate surface area is 185 Å². The molecule has 0 fully saturated rings. The van der Waals surface area contributed by atoms with E-state index in [2.05, 4.69) is 21.9 Å². The van der Waals surface area contributed by atoms with E-state index in [1.807, 2.05) is 35.7 Å². The largest absolute Gasteiger partial charge is 0.326 e. The molecule has 0 radical (unpaired) electrons. The van der Waals surface area contributed by atoms with E-state index >= 15 is 0 Å². The summed E-state index contributed by atoms with van der Waals surface area (Å²) < 4.78 is 4.41. The molecule has 10 heteroatoms. The highest BCUT2D eigenvalue weighted by Crippen LogP contribution is 2.18. The SMILES string of the molecule is C=CCn1c(=S)sc2c(=O)n(Cc3csc(CC(=O)Nc4ccccc4)n3)cnc21. The van der Waals surface area contributed by atoms with E-state index in [1.54, 1.807) is 10.6 Å². The zero-order valence-electron chi connectivity index (χ0n) is 15.8. The fraction of sp³-hybridized carbons (Fsp3) is 0.150. The van der Waals surface area contributed by atoms with Gasteiger partial charge in [-0.25, -0.2) is 9.97 Å². The van der Waals surface area contributed by atoms with Crippen LogP contribution in [0.2, 0.25) is 0 Å². The fourth-order valence-electron chi connectivity index (χ4n) is 2.92. The number of anilines is 1. The number of thiazole rings is 2. The predicted octanol–water partition coefficient (Wildman–Crippen LogP) is 3.86. The van der Waals surface area contributed by atoms with E-state index in [1.165, 1.54) is 33.6 Å². The van der Waals surface area contributed by atoms with Gasteiger partial charge in [-0.2, -0.15) is 0 Å². The van der Waals surface area contributed by atoms with Crippen LogP contribution in [-0.4, -0.2) is 25.0 Å². The number of benzene rings is 1. The maximum atomic E-state index is 12.8. The summed E-state index contributed by atoms with van der Waals surface area (Å²) in [4.78, 5) is 34.0. The topological polar surface area (TPSA) is 81.8 Å². The number of nitrogens with one attached hydrogen (secondary N) is 1.